The summed E-state index contributed by atoms with van der Waals surface area (Å²) in [5, 5.41) is 11.4. The summed E-state index contributed by atoms with van der Waals surface area (Å²) >= 11 is 0. The number of guanidine groups is 1. The molecule has 0 bridgehead atoms. The molecular formula is C19H31N5O4S. The van der Waals surface area contributed by atoms with E-state index in [2.05, 4.69) is 15.6 Å². The maximum atomic E-state index is 11.9. The minimum absolute atomic E-state index is 0.0609. The maximum Gasteiger partial charge on any atom is 0.241 e. The second-order valence-electron chi connectivity index (χ2n) is 7.20. The van der Waals surface area contributed by atoms with Crippen molar-refractivity contribution in [3.63, 3.8) is 0 Å². The summed E-state index contributed by atoms with van der Waals surface area (Å²) in [5.74, 6) is 0.458. The molecule has 0 aliphatic carbocycles. The van der Waals surface area contributed by atoms with Gasteiger partial charge in [0.2, 0.25) is 15.9 Å². The van der Waals surface area contributed by atoms with Crippen molar-refractivity contribution in [2.24, 2.45) is 10.1 Å². The zero-order chi connectivity index (χ0) is 21.3. The van der Waals surface area contributed by atoms with Gasteiger partial charge in [-0.25, -0.2) is 18.5 Å². The fourth-order valence-corrected chi connectivity index (χ4v) is 3.35. The second-order valence-corrected chi connectivity index (χ2v) is 8.76. The number of rotatable bonds is 8. The van der Waals surface area contributed by atoms with Gasteiger partial charge in [-0.2, -0.15) is 0 Å². The third-order valence-corrected chi connectivity index (χ3v) is 5.54. The second kappa shape index (κ2) is 11.1. The molecule has 1 aliphatic rings. The van der Waals surface area contributed by atoms with Gasteiger partial charge in [-0.15, -0.1) is 0 Å². The van der Waals surface area contributed by atoms with Gasteiger partial charge < -0.3 is 20.3 Å². The Labute approximate surface area is 172 Å². The number of nitrogens with zero attached hydrogens (tertiary/aromatic N) is 2. The maximum absolute atomic E-state index is 11.9. The number of benzene rings is 1. The summed E-state index contributed by atoms with van der Waals surface area (Å²) < 4.78 is 28.4. The van der Waals surface area contributed by atoms with Gasteiger partial charge in [-0.1, -0.05) is 12.1 Å². The summed E-state index contributed by atoms with van der Waals surface area (Å²) in [4.78, 5) is 17.9. The zero-order valence-electron chi connectivity index (χ0n) is 17.1. The number of carbonyl (C=O) groups excluding carboxylic acids is 1. The number of hydrogen-bond donors (Lipinski definition) is 3. The standard InChI is InChI=1S/C19H31N5O4S/c1-24(2)18(25)14-23-19(21-11-10-16-5-3-4-12-28-16)22-13-15-6-8-17(9-7-15)29(20,26)27/h6-9,16H,3-5,10-14H2,1-2H3,(H2,20,26,27)(H2,21,22,23). The van der Waals surface area contributed by atoms with E-state index in [1.807, 2.05) is 0 Å². The van der Waals surface area contributed by atoms with E-state index < -0.39 is 10.0 Å². The first kappa shape index (κ1) is 23.1. The number of sulfonamides is 1. The Hall–Kier alpha value is -2.17. The average Bonchev–Trinajstić information content (AvgIpc) is 2.69. The molecular weight excluding hydrogens is 394 g/mol. The van der Waals surface area contributed by atoms with E-state index in [0.29, 0.717) is 19.0 Å². The lowest BCUT2D eigenvalue weighted by Crippen LogP contribution is -2.43. The van der Waals surface area contributed by atoms with Crippen molar-refractivity contribution >= 4 is 21.9 Å². The molecule has 0 saturated carbocycles. The molecule has 29 heavy (non-hydrogen) atoms. The van der Waals surface area contributed by atoms with Crippen molar-refractivity contribution < 1.29 is 17.9 Å². The van der Waals surface area contributed by atoms with Crippen molar-refractivity contribution in [1.82, 2.24) is 15.5 Å². The van der Waals surface area contributed by atoms with Crippen LogP contribution in [0, 0.1) is 0 Å². The highest BCUT2D eigenvalue weighted by molar-refractivity contribution is 7.89. The number of primary sulfonamides is 1. The van der Waals surface area contributed by atoms with Crippen molar-refractivity contribution in [2.45, 2.75) is 43.2 Å². The number of aliphatic imine (C=N–C) groups is 1. The molecule has 0 aromatic heterocycles. The average molecular weight is 426 g/mol. The van der Waals surface area contributed by atoms with Crippen LogP contribution in [0.5, 0.6) is 0 Å². The van der Waals surface area contributed by atoms with Gasteiger partial charge in [0.05, 0.1) is 24.1 Å². The minimum Gasteiger partial charge on any atom is -0.378 e. The predicted molar refractivity (Wildman–Crippen MR) is 112 cm³/mol. The van der Waals surface area contributed by atoms with Gasteiger partial charge >= 0.3 is 0 Å². The van der Waals surface area contributed by atoms with Crippen LogP contribution < -0.4 is 15.8 Å². The summed E-state index contributed by atoms with van der Waals surface area (Å²) in [5.41, 5.74) is 0.827. The lowest BCUT2D eigenvalue weighted by Gasteiger charge is -2.23. The molecule has 162 valence electrons. The Morgan fingerprint density at radius 3 is 2.55 bits per heavy atom. The molecule has 1 heterocycles. The molecule has 1 aromatic rings. The molecule has 2 rings (SSSR count). The van der Waals surface area contributed by atoms with Gasteiger partial charge in [0.15, 0.2) is 5.96 Å². The van der Waals surface area contributed by atoms with Crippen molar-refractivity contribution in [3.8, 4) is 0 Å². The summed E-state index contributed by atoms with van der Waals surface area (Å²) in [6, 6.07) is 6.25. The Balaban J connectivity index is 1.95. The number of carbonyl (C=O) groups is 1. The molecule has 1 amide bonds. The van der Waals surface area contributed by atoms with E-state index in [1.54, 1.807) is 26.2 Å². The summed E-state index contributed by atoms with van der Waals surface area (Å²) in [6.45, 7) is 1.95. The molecule has 1 aromatic carbocycles. The molecule has 9 nitrogen and oxygen atoms in total. The number of amides is 1. The molecule has 1 fully saturated rings. The van der Waals surface area contributed by atoms with Crippen LogP contribution in [0.15, 0.2) is 34.2 Å². The van der Waals surface area contributed by atoms with Crippen molar-refractivity contribution in [3.05, 3.63) is 29.8 Å². The SMILES string of the molecule is CN(C)C(=O)CNC(=NCc1ccc(S(N)(=O)=O)cc1)NCCC1CCCCO1. The number of nitrogens with two attached hydrogens (primary N) is 1. The van der Waals surface area contributed by atoms with Gasteiger partial charge in [0, 0.05) is 27.2 Å². The van der Waals surface area contributed by atoms with Gasteiger partial charge in [0.1, 0.15) is 0 Å². The molecule has 1 unspecified atom stereocenters. The van der Waals surface area contributed by atoms with E-state index in [-0.39, 0.29) is 23.5 Å². The van der Waals surface area contributed by atoms with Crippen LogP contribution in [0.1, 0.15) is 31.2 Å². The Morgan fingerprint density at radius 1 is 1.24 bits per heavy atom. The van der Waals surface area contributed by atoms with E-state index in [4.69, 9.17) is 9.88 Å². The third-order valence-electron chi connectivity index (χ3n) is 4.61. The fourth-order valence-electron chi connectivity index (χ4n) is 2.83. The van der Waals surface area contributed by atoms with E-state index in [0.717, 1.165) is 31.4 Å². The highest BCUT2D eigenvalue weighted by Crippen LogP contribution is 2.14. The summed E-state index contributed by atoms with van der Waals surface area (Å²) in [7, 11) is -0.322. The number of ether oxygens (including phenoxy) is 1. The van der Waals surface area contributed by atoms with Crippen molar-refractivity contribution in [1.29, 1.82) is 0 Å². The third kappa shape index (κ3) is 8.38. The molecule has 10 heteroatoms. The van der Waals surface area contributed by atoms with Crippen LogP contribution in [0.4, 0.5) is 0 Å². The van der Waals surface area contributed by atoms with Crippen LogP contribution in [0.25, 0.3) is 0 Å². The van der Waals surface area contributed by atoms with Crippen molar-refractivity contribution in [2.75, 3.05) is 33.8 Å². The molecule has 4 N–H and O–H groups in total. The van der Waals surface area contributed by atoms with Crippen LogP contribution >= 0.6 is 0 Å². The molecule has 1 atom stereocenters. The molecule has 0 radical (unpaired) electrons. The van der Waals surface area contributed by atoms with Crippen LogP contribution in [-0.2, 0) is 26.1 Å². The molecule has 1 aliphatic heterocycles. The largest absolute Gasteiger partial charge is 0.378 e. The van der Waals surface area contributed by atoms with E-state index >= 15 is 0 Å². The number of nitrogens with one attached hydrogen (secondary N) is 2. The van der Waals surface area contributed by atoms with Crippen LogP contribution in [0.3, 0.4) is 0 Å². The monoisotopic (exact) mass is 425 g/mol. The van der Waals surface area contributed by atoms with Crippen LogP contribution in [0.2, 0.25) is 0 Å². The van der Waals surface area contributed by atoms with Gasteiger partial charge in [-0.05, 0) is 43.4 Å². The lowest BCUT2D eigenvalue weighted by atomic mass is 10.1. The Morgan fingerprint density at radius 2 is 1.97 bits per heavy atom. The van der Waals surface area contributed by atoms with E-state index in [1.165, 1.54) is 23.5 Å². The summed E-state index contributed by atoms with van der Waals surface area (Å²) in [6.07, 6.45) is 4.50. The Kier molecular flexibility index (Phi) is 8.87. The normalized spacial score (nSPS) is 17.6. The first-order valence-electron chi connectivity index (χ1n) is 9.71. The zero-order valence-corrected chi connectivity index (χ0v) is 17.9. The number of likely N-dealkylation sites (N-methyl/N-ethyl adjacent to an activating group) is 1. The topological polar surface area (TPSA) is 126 Å². The number of hydrogen-bond acceptors (Lipinski definition) is 5. The fraction of sp³-hybridized carbons (Fsp3) is 0.579. The lowest BCUT2D eigenvalue weighted by molar-refractivity contribution is -0.127. The molecule has 1 saturated heterocycles. The van der Waals surface area contributed by atoms with Gasteiger partial charge in [-0.3, -0.25) is 4.79 Å². The first-order valence-corrected chi connectivity index (χ1v) is 11.3. The molecule has 0 spiro atoms. The Bertz CT molecular complexity index is 787. The van der Waals surface area contributed by atoms with Gasteiger partial charge in [0.25, 0.3) is 0 Å². The smallest absolute Gasteiger partial charge is 0.241 e. The van der Waals surface area contributed by atoms with E-state index in [9.17, 15) is 13.2 Å². The highest BCUT2D eigenvalue weighted by atomic mass is 32.2. The minimum atomic E-state index is -3.71. The first-order chi connectivity index (χ1) is 13.8. The predicted octanol–water partition coefficient (Wildman–Crippen LogP) is 0.417. The van der Waals surface area contributed by atoms with Crippen LogP contribution in [-0.4, -0.2) is 65.1 Å². The quantitative estimate of drug-likeness (QED) is 0.409. The highest BCUT2D eigenvalue weighted by Gasteiger charge is 2.14.